The molecule has 0 unspecified atom stereocenters. The molecule has 1 aromatic heterocycles. The molecule has 2 aliphatic rings. The molecule has 2 fully saturated rings. The van der Waals surface area contributed by atoms with E-state index in [4.69, 9.17) is 10.00 Å². The van der Waals surface area contributed by atoms with E-state index in [0.717, 1.165) is 31.5 Å². The van der Waals surface area contributed by atoms with Gasteiger partial charge in [-0.2, -0.15) is 5.26 Å². The van der Waals surface area contributed by atoms with Crippen LogP contribution in [0.25, 0.3) is 0 Å². The van der Waals surface area contributed by atoms with Crippen molar-refractivity contribution < 1.29 is 19.1 Å². The number of nitriles is 1. The van der Waals surface area contributed by atoms with Crippen molar-refractivity contribution >= 4 is 23.7 Å². The van der Waals surface area contributed by atoms with Crippen molar-refractivity contribution in [1.82, 2.24) is 15.6 Å². The second-order valence-electron chi connectivity index (χ2n) is 7.74. The summed E-state index contributed by atoms with van der Waals surface area (Å²) >= 11 is 0. The van der Waals surface area contributed by atoms with Crippen LogP contribution in [0.1, 0.15) is 50.5 Å². The molecule has 9 heteroatoms. The van der Waals surface area contributed by atoms with E-state index in [-0.39, 0.29) is 12.0 Å². The van der Waals surface area contributed by atoms with Crippen LogP contribution in [-0.2, 0) is 14.3 Å². The minimum absolute atomic E-state index is 0.102. The first-order valence-corrected chi connectivity index (χ1v) is 10.4. The lowest BCUT2D eigenvalue weighted by Crippen LogP contribution is -2.46. The minimum Gasteiger partial charge on any atom is -0.455 e. The van der Waals surface area contributed by atoms with Crippen LogP contribution in [0, 0.1) is 17.2 Å². The molecule has 1 saturated carbocycles. The third-order valence-corrected chi connectivity index (χ3v) is 5.57. The molecular formula is C21H27N5O4. The average Bonchev–Trinajstić information content (AvgIpc) is 2.78. The number of anilines is 1. The topological polar surface area (TPSA) is 124 Å². The highest BCUT2D eigenvalue weighted by Crippen LogP contribution is 2.23. The molecular weight excluding hydrogens is 386 g/mol. The number of imide groups is 1. The Bertz CT molecular complexity index is 791. The van der Waals surface area contributed by atoms with Crippen LogP contribution in [0.5, 0.6) is 0 Å². The van der Waals surface area contributed by atoms with E-state index in [9.17, 15) is 14.4 Å². The molecule has 1 aliphatic heterocycles. The first-order valence-electron chi connectivity index (χ1n) is 10.4. The fourth-order valence-electron chi connectivity index (χ4n) is 3.87. The number of aromatic nitrogens is 1. The molecule has 30 heavy (non-hydrogen) atoms. The average molecular weight is 413 g/mol. The summed E-state index contributed by atoms with van der Waals surface area (Å²) in [6.45, 7) is 0.803. The van der Waals surface area contributed by atoms with Crippen molar-refractivity contribution in [2.75, 3.05) is 24.6 Å². The van der Waals surface area contributed by atoms with Gasteiger partial charge in [-0.15, -0.1) is 0 Å². The predicted octanol–water partition coefficient (Wildman–Crippen LogP) is 1.87. The molecule has 9 nitrogen and oxygen atoms in total. The van der Waals surface area contributed by atoms with Crippen LogP contribution < -0.4 is 15.5 Å². The largest absolute Gasteiger partial charge is 0.455 e. The van der Waals surface area contributed by atoms with E-state index >= 15 is 0 Å². The van der Waals surface area contributed by atoms with E-state index in [0.29, 0.717) is 31.5 Å². The van der Waals surface area contributed by atoms with Gasteiger partial charge in [0.15, 0.2) is 6.61 Å². The molecule has 0 radical (unpaired) electrons. The Labute approximate surface area is 175 Å². The second kappa shape index (κ2) is 10.6. The molecule has 1 aromatic rings. The number of ether oxygens (including phenoxy) is 1. The summed E-state index contributed by atoms with van der Waals surface area (Å²) < 4.78 is 5.10. The third-order valence-electron chi connectivity index (χ3n) is 5.57. The van der Waals surface area contributed by atoms with Gasteiger partial charge in [0.05, 0.1) is 11.5 Å². The molecule has 0 spiro atoms. The van der Waals surface area contributed by atoms with E-state index in [2.05, 4.69) is 15.6 Å². The normalized spacial score (nSPS) is 17.6. The Morgan fingerprint density at radius 3 is 2.50 bits per heavy atom. The van der Waals surface area contributed by atoms with Gasteiger partial charge in [0.25, 0.3) is 5.91 Å². The number of carbonyl (C=O) groups excluding carboxylic acids is 3. The summed E-state index contributed by atoms with van der Waals surface area (Å²) in [5.74, 6) is -0.575. The van der Waals surface area contributed by atoms with Gasteiger partial charge in [-0.1, -0.05) is 19.3 Å². The highest BCUT2D eigenvalue weighted by molar-refractivity contribution is 5.95. The number of pyridine rings is 1. The minimum atomic E-state index is -0.629. The Morgan fingerprint density at radius 2 is 1.87 bits per heavy atom. The highest BCUT2D eigenvalue weighted by Gasteiger charge is 2.27. The molecule has 1 saturated heterocycles. The van der Waals surface area contributed by atoms with Crippen molar-refractivity contribution in [2.24, 2.45) is 5.92 Å². The van der Waals surface area contributed by atoms with Crippen LogP contribution in [-0.4, -0.2) is 48.6 Å². The molecule has 0 aromatic carbocycles. The van der Waals surface area contributed by atoms with Crippen molar-refractivity contribution in [3.05, 3.63) is 23.9 Å². The van der Waals surface area contributed by atoms with Crippen molar-refractivity contribution in [3.8, 4) is 6.07 Å². The molecule has 2 heterocycles. The summed E-state index contributed by atoms with van der Waals surface area (Å²) in [6, 6.07) is 5.11. The number of nitrogens with one attached hydrogen (secondary N) is 2. The maximum atomic E-state index is 12.3. The summed E-state index contributed by atoms with van der Waals surface area (Å²) in [4.78, 5) is 42.3. The Hall–Kier alpha value is -3.15. The quantitative estimate of drug-likeness (QED) is 0.706. The van der Waals surface area contributed by atoms with E-state index in [1.165, 1.54) is 12.6 Å². The third kappa shape index (κ3) is 6.17. The summed E-state index contributed by atoms with van der Waals surface area (Å²) in [7, 11) is 0. The molecule has 2 N–H and O–H groups in total. The zero-order chi connectivity index (χ0) is 21.3. The number of amides is 3. The van der Waals surface area contributed by atoms with Crippen LogP contribution in [0.15, 0.2) is 18.3 Å². The summed E-state index contributed by atoms with van der Waals surface area (Å²) in [5, 5.41) is 13.8. The fourth-order valence-corrected chi connectivity index (χ4v) is 3.87. The SMILES string of the molecule is N#Cc1ccc(N2CCC(C(=O)OCC(=O)NC(=O)NC3CCCCC3)CC2)nc1. The van der Waals surface area contributed by atoms with Crippen molar-refractivity contribution in [3.63, 3.8) is 0 Å². The van der Waals surface area contributed by atoms with Crippen LogP contribution in [0.2, 0.25) is 0 Å². The van der Waals surface area contributed by atoms with Gasteiger partial charge in [0.2, 0.25) is 0 Å². The number of hydrogen-bond donors (Lipinski definition) is 2. The summed E-state index contributed by atoms with van der Waals surface area (Å²) in [5.41, 5.74) is 0.503. The number of hydrogen-bond acceptors (Lipinski definition) is 7. The standard InChI is InChI=1S/C21H27N5O4/c22-12-15-6-7-18(23-13-15)26-10-8-16(9-11-26)20(28)30-14-19(27)25-21(29)24-17-4-2-1-3-5-17/h6-7,13,16-17H,1-5,8-11,14H2,(H2,24,25,27,29). The molecule has 3 amide bonds. The molecule has 3 rings (SSSR count). The van der Waals surface area contributed by atoms with E-state index in [1.807, 2.05) is 11.0 Å². The zero-order valence-electron chi connectivity index (χ0n) is 16.9. The van der Waals surface area contributed by atoms with Gasteiger partial charge in [-0.05, 0) is 37.8 Å². The smallest absolute Gasteiger partial charge is 0.321 e. The molecule has 0 atom stereocenters. The number of carbonyl (C=O) groups is 3. The van der Waals surface area contributed by atoms with Gasteiger partial charge >= 0.3 is 12.0 Å². The van der Waals surface area contributed by atoms with E-state index < -0.39 is 24.5 Å². The van der Waals surface area contributed by atoms with Crippen LogP contribution >= 0.6 is 0 Å². The van der Waals surface area contributed by atoms with Gasteiger partial charge < -0.3 is 15.0 Å². The number of piperidine rings is 1. The number of urea groups is 1. The Balaban J connectivity index is 1.35. The van der Waals surface area contributed by atoms with Crippen molar-refractivity contribution in [2.45, 2.75) is 51.0 Å². The number of nitrogens with zero attached hydrogens (tertiary/aromatic N) is 3. The molecule has 0 bridgehead atoms. The Morgan fingerprint density at radius 1 is 1.13 bits per heavy atom. The van der Waals surface area contributed by atoms with E-state index in [1.54, 1.807) is 12.1 Å². The lowest BCUT2D eigenvalue weighted by atomic mass is 9.96. The number of rotatable bonds is 5. The maximum Gasteiger partial charge on any atom is 0.321 e. The van der Waals surface area contributed by atoms with Crippen LogP contribution in [0.4, 0.5) is 10.6 Å². The lowest BCUT2D eigenvalue weighted by molar-refractivity contribution is -0.153. The maximum absolute atomic E-state index is 12.3. The predicted molar refractivity (Wildman–Crippen MR) is 108 cm³/mol. The number of esters is 1. The highest BCUT2D eigenvalue weighted by atomic mass is 16.5. The lowest BCUT2D eigenvalue weighted by Gasteiger charge is -2.31. The van der Waals surface area contributed by atoms with Crippen LogP contribution in [0.3, 0.4) is 0 Å². The van der Waals surface area contributed by atoms with Gasteiger partial charge in [0.1, 0.15) is 11.9 Å². The molecule has 160 valence electrons. The van der Waals surface area contributed by atoms with Gasteiger partial charge in [-0.25, -0.2) is 9.78 Å². The first kappa shape index (κ1) is 21.6. The summed E-state index contributed by atoms with van der Waals surface area (Å²) in [6.07, 6.45) is 7.89. The monoisotopic (exact) mass is 413 g/mol. The van der Waals surface area contributed by atoms with Gasteiger partial charge in [-0.3, -0.25) is 14.9 Å². The first-order chi connectivity index (χ1) is 14.5. The fraction of sp³-hybridized carbons (Fsp3) is 0.571. The second-order valence-corrected chi connectivity index (χ2v) is 7.74. The molecule has 1 aliphatic carbocycles. The Kier molecular flexibility index (Phi) is 7.60. The zero-order valence-corrected chi connectivity index (χ0v) is 16.9. The van der Waals surface area contributed by atoms with Gasteiger partial charge in [0, 0.05) is 25.3 Å². The van der Waals surface area contributed by atoms with Crippen molar-refractivity contribution in [1.29, 1.82) is 5.26 Å².